The van der Waals surface area contributed by atoms with Gasteiger partial charge >= 0.3 is 0 Å². The molecule has 0 amide bonds. The van der Waals surface area contributed by atoms with Gasteiger partial charge in [-0.2, -0.15) is 0 Å². The van der Waals surface area contributed by atoms with Crippen LogP contribution in [0.3, 0.4) is 0 Å². The zero-order valence-electron chi connectivity index (χ0n) is 14.0. The fourth-order valence-corrected chi connectivity index (χ4v) is 4.66. The second-order valence-electron chi connectivity index (χ2n) is 6.78. The van der Waals surface area contributed by atoms with Crippen LogP contribution in [-0.2, 0) is 6.42 Å². The van der Waals surface area contributed by atoms with E-state index in [2.05, 4.69) is 31.5 Å². The van der Waals surface area contributed by atoms with Gasteiger partial charge in [-0.1, -0.05) is 33.1 Å². The third kappa shape index (κ3) is 5.37. The summed E-state index contributed by atoms with van der Waals surface area (Å²) < 4.78 is 0. The first-order chi connectivity index (χ1) is 10.2. The van der Waals surface area contributed by atoms with Crippen molar-refractivity contribution < 1.29 is 0 Å². The first kappa shape index (κ1) is 17.0. The highest BCUT2D eigenvalue weighted by atomic mass is 32.1. The van der Waals surface area contributed by atoms with Crippen molar-refractivity contribution in [2.24, 2.45) is 17.8 Å². The van der Waals surface area contributed by atoms with Gasteiger partial charge in [0.2, 0.25) is 0 Å². The van der Waals surface area contributed by atoms with Crippen LogP contribution in [0.1, 0.15) is 63.1 Å². The van der Waals surface area contributed by atoms with Gasteiger partial charge in [-0.3, -0.25) is 0 Å². The smallest absolute Gasteiger partial charge is 0.0930 e. The van der Waals surface area contributed by atoms with E-state index in [0.29, 0.717) is 0 Å². The summed E-state index contributed by atoms with van der Waals surface area (Å²) in [5.74, 6) is 2.66. The van der Waals surface area contributed by atoms with Gasteiger partial charge in [0.05, 0.1) is 5.01 Å². The highest BCUT2D eigenvalue weighted by Gasteiger charge is 2.30. The van der Waals surface area contributed by atoms with Crippen molar-refractivity contribution in [1.82, 2.24) is 10.3 Å². The summed E-state index contributed by atoms with van der Waals surface area (Å²) in [4.78, 5) is 4.70. The second kappa shape index (κ2) is 8.89. The number of hydrogen-bond acceptors (Lipinski definition) is 3. The van der Waals surface area contributed by atoms with Gasteiger partial charge in [0, 0.05) is 17.5 Å². The molecule has 1 aromatic heterocycles. The fraction of sp³-hybridized carbons (Fsp3) is 0.833. The zero-order valence-corrected chi connectivity index (χ0v) is 14.8. The van der Waals surface area contributed by atoms with Gasteiger partial charge in [-0.25, -0.2) is 4.98 Å². The lowest BCUT2D eigenvalue weighted by molar-refractivity contribution is 0.167. The number of thiazole rings is 1. The molecule has 21 heavy (non-hydrogen) atoms. The minimum Gasteiger partial charge on any atom is -0.316 e. The highest BCUT2D eigenvalue weighted by molar-refractivity contribution is 7.09. The fourth-order valence-electron chi connectivity index (χ4n) is 3.80. The van der Waals surface area contributed by atoms with Crippen LogP contribution < -0.4 is 5.32 Å². The highest BCUT2D eigenvalue weighted by Crippen LogP contribution is 2.38. The van der Waals surface area contributed by atoms with Gasteiger partial charge < -0.3 is 5.32 Å². The molecule has 1 aliphatic rings. The molecule has 1 heterocycles. The maximum atomic E-state index is 4.70. The maximum Gasteiger partial charge on any atom is 0.0930 e. The molecule has 0 bridgehead atoms. The van der Waals surface area contributed by atoms with Crippen molar-refractivity contribution >= 4 is 11.3 Å². The molecule has 3 heteroatoms. The molecular weight excluding hydrogens is 276 g/mol. The lowest BCUT2D eigenvalue weighted by Gasteiger charge is -2.36. The number of aromatic nitrogens is 1. The lowest BCUT2D eigenvalue weighted by atomic mass is 9.71. The molecule has 2 rings (SSSR count). The summed E-state index contributed by atoms with van der Waals surface area (Å²) in [6.45, 7) is 9.07. The monoisotopic (exact) mass is 308 g/mol. The second-order valence-corrected chi connectivity index (χ2v) is 7.72. The molecule has 2 nitrogen and oxygen atoms in total. The summed E-state index contributed by atoms with van der Waals surface area (Å²) in [7, 11) is 0. The van der Waals surface area contributed by atoms with E-state index in [0.717, 1.165) is 24.3 Å². The van der Waals surface area contributed by atoms with Crippen molar-refractivity contribution in [1.29, 1.82) is 0 Å². The van der Waals surface area contributed by atoms with E-state index in [1.165, 1.54) is 62.2 Å². The summed E-state index contributed by atoms with van der Waals surface area (Å²) in [6, 6.07) is 0. The predicted octanol–water partition coefficient (Wildman–Crippen LogP) is 4.83. The van der Waals surface area contributed by atoms with Crippen LogP contribution in [0, 0.1) is 24.7 Å². The molecule has 3 atom stereocenters. The van der Waals surface area contributed by atoms with Crippen molar-refractivity contribution in [2.45, 2.75) is 65.7 Å². The van der Waals surface area contributed by atoms with Crippen LogP contribution in [0.4, 0.5) is 0 Å². The molecule has 3 unspecified atom stereocenters. The van der Waals surface area contributed by atoms with Crippen LogP contribution in [0.5, 0.6) is 0 Å². The topological polar surface area (TPSA) is 24.9 Å². The number of nitrogens with zero attached hydrogens (tertiary/aromatic N) is 1. The van der Waals surface area contributed by atoms with Gasteiger partial charge in [0.1, 0.15) is 0 Å². The Hall–Kier alpha value is -0.410. The molecule has 0 radical (unpaired) electrons. The number of hydrogen-bond donors (Lipinski definition) is 1. The molecule has 1 saturated carbocycles. The molecule has 0 aromatic carbocycles. The Bertz CT molecular complexity index is 402. The van der Waals surface area contributed by atoms with Gasteiger partial charge in [0.15, 0.2) is 0 Å². The average Bonchev–Trinajstić information content (AvgIpc) is 2.87. The van der Waals surface area contributed by atoms with E-state index < -0.39 is 0 Å². The van der Waals surface area contributed by atoms with Crippen LogP contribution in [-0.4, -0.2) is 18.1 Å². The van der Waals surface area contributed by atoms with Gasteiger partial charge in [-0.15, -0.1) is 11.3 Å². The third-order valence-electron chi connectivity index (χ3n) is 4.88. The number of nitrogens with one attached hydrogen (secondary N) is 1. The molecule has 0 saturated heterocycles. The van der Waals surface area contributed by atoms with Crippen molar-refractivity contribution in [2.75, 3.05) is 13.1 Å². The number of aryl methyl sites for hydroxylation is 1. The largest absolute Gasteiger partial charge is 0.316 e. The van der Waals surface area contributed by atoms with E-state index in [-0.39, 0.29) is 0 Å². The van der Waals surface area contributed by atoms with E-state index in [9.17, 15) is 0 Å². The molecule has 1 fully saturated rings. The molecule has 1 N–H and O–H groups in total. The first-order valence-corrected chi connectivity index (χ1v) is 9.72. The Morgan fingerprint density at radius 3 is 2.76 bits per heavy atom. The predicted molar refractivity (Wildman–Crippen MR) is 92.9 cm³/mol. The molecular formula is C18H32N2S. The Labute approximate surface area is 134 Å². The lowest BCUT2D eigenvalue weighted by Crippen LogP contribution is -2.34. The third-order valence-corrected chi connectivity index (χ3v) is 5.87. The molecule has 1 aromatic rings. The minimum atomic E-state index is 0.838. The Morgan fingerprint density at radius 2 is 2.10 bits per heavy atom. The SMILES string of the molecule is CCCNCC1CCC(CCC)CC1Cc1nc(C)cs1. The maximum absolute atomic E-state index is 4.70. The Balaban J connectivity index is 1.94. The van der Waals surface area contributed by atoms with Gasteiger partial charge in [-0.05, 0) is 57.0 Å². The molecule has 120 valence electrons. The summed E-state index contributed by atoms with van der Waals surface area (Å²) in [5.41, 5.74) is 1.19. The Kier molecular flexibility index (Phi) is 7.18. The normalized spacial score (nSPS) is 26.1. The summed E-state index contributed by atoms with van der Waals surface area (Å²) in [6.07, 6.45) is 9.48. The van der Waals surface area contributed by atoms with E-state index >= 15 is 0 Å². The van der Waals surface area contributed by atoms with Crippen molar-refractivity contribution in [3.05, 3.63) is 16.1 Å². The van der Waals surface area contributed by atoms with Crippen LogP contribution >= 0.6 is 11.3 Å². The summed E-state index contributed by atoms with van der Waals surface area (Å²) >= 11 is 1.86. The first-order valence-electron chi connectivity index (χ1n) is 8.84. The van der Waals surface area contributed by atoms with E-state index in [4.69, 9.17) is 4.98 Å². The standard InChI is InChI=1S/C18H32N2S/c1-4-6-15-7-8-16(12-19-9-5-2)17(10-15)11-18-20-14(3)13-21-18/h13,15-17,19H,4-12H2,1-3H3. The van der Waals surface area contributed by atoms with Crippen LogP contribution in [0.15, 0.2) is 5.38 Å². The van der Waals surface area contributed by atoms with E-state index in [1.54, 1.807) is 0 Å². The zero-order chi connectivity index (χ0) is 15.1. The molecule has 0 aliphatic heterocycles. The van der Waals surface area contributed by atoms with E-state index in [1.807, 2.05) is 11.3 Å². The van der Waals surface area contributed by atoms with Crippen molar-refractivity contribution in [3.8, 4) is 0 Å². The van der Waals surface area contributed by atoms with Crippen molar-refractivity contribution in [3.63, 3.8) is 0 Å². The Morgan fingerprint density at radius 1 is 1.24 bits per heavy atom. The van der Waals surface area contributed by atoms with Gasteiger partial charge in [0.25, 0.3) is 0 Å². The quantitative estimate of drug-likeness (QED) is 0.696. The molecule has 0 spiro atoms. The average molecular weight is 309 g/mol. The van der Waals surface area contributed by atoms with Crippen LogP contribution in [0.2, 0.25) is 0 Å². The summed E-state index contributed by atoms with van der Waals surface area (Å²) in [5, 5.41) is 7.21. The van der Waals surface area contributed by atoms with Crippen LogP contribution in [0.25, 0.3) is 0 Å². The number of rotatable bonds is 8. The molecule has 1 aliphatic carbocycles. The minimum absolute atomic E-state index is 0.838.